The molecule has 1 aliphatic rings. The minimum atomic E-state index is 0.831. The van der Waals surface area contributed by atoms with Crippen molar-refractivity contribution in [3.8, 4) is 0 Å². The van der Waals surface area contributed by atoms with Gasteiger partial charge in [-0.3, -0.25) is 4.57 Å². The van der Waals surface area contributed by atoms with Crippen LogP contribution < -0.4 is 0 Å². The first kappa shape index (κ1) is 33.0. The van der Waals surface area contributed by atoms with Crippen LogP contribution in [0.15, 0.2) is 186 Å². The normalized spacial score (nSPS) is 13.5. The van der Waals surface area contributed by atoms with E-state index in [9.17, 15) is 0 Å². The van der Waals surface area contributed by atoms with Crippen LogP contribution in [0.5, 0.6) is 0 Å². The third-order valence-electron chi connectivity index (χ3n) is 13.0. The Morgan fingerprint density at radius 2 is 1.10 bits per heavy atom. The maximum atomic E-state index is 5.91. The lowest BCUT2D eigenvalue weighted by atomic mass is 9.90. The Morgan fingerprint density at radius 3 is 1.88 bits per heavy atom. The van der Waals surface area contributed by atoms with Crippen LogP contribution in [0.25, 0.3) is 101 Å². The summed E-state index contributed by atoms with van der Waals surface area (Å²) in [6.45, 7) is 2.33. The molecule has 1 aliphatic heterocycles. The van der Waals surface area contributed by atoms with Crippen molar-refractivity contribution >= 4 is 124 Å². The zero-order valence-electron chi connectivity index (χ0n) is 32.5. The number of nitrogens with zero attached hydrogens (tertiary/aromatic N) is 2. The molecule has 276 valence electrons. The summed E-state index contributed by atoms with van der Waals surface area (Å²) in [5.74, 6) is 0.981. The van der Waals surface area contributed by atoms with Crippen molar-refractivity contribution in [3.63, 3.8) is 0 Å². The Bertz CT molecular complexity index is 3820. The molecule has 0 radical (unpaired) electrons. The SMILES string of the molecule is CCC1=C(c2ccc3sc4ccccc4c3c2)C(n2c3cc4ccccc4cc3c3c4c5ccccc5c5ccccc5c4ccc32)=Nc2ccc3ccccc3c2C1. The quantitative estimate of drug-likeness (QED) is 0.156. The molecule has 59 heavy (non-hydrogen) atoms. The molecule has 0 saturated heterocycles. The molecule has 3 heteroatoms. The van der Waals surface area contributed by atoms with Crippen molar-refractivity contribution in [2.75, 3.05) is 0 Å². The van der Waals surface area contributed by atoms with Gasteiger partial charge in [0.25, 0.3) is 0 Å². The molecule has 13 rings (SSSR count). The molecule has 0 aliphatic carbocycles. The standard InChI is InChI=1S/C56H36N2S/c1-2-33-29-45-38-16-6-5-13-34(38)23-26-48(45)57-56(53(33)37-24-28-52-46(31-37)42-20-11-12-22-51(42)59-52)58-49-27-25-44-41-19-8-7-17-39(41)40-18-9-10-21-43(40)54(44)55(49)47-30-35-14-3-4-15-36(35)32-50(47)58/h3-28,30-32H,2,29H2,1H3. The summed E-state index contributed by atoms with van der Waals surface area (Å²) in [4.78, 5) is 5.91. The lowest BCUT2D eigenvalue weighted by Gasteiger charge is -2.19. The minimum absolute atomic E-state index is 0.831. The Morgan fingerprint density at radius 1 is 0.475 bits per heavy atom. The molecule has 12 aromatic rings. The second-order valence-corrected chi connectivity index (χ2v) is 17.1. The molecule has 0 amide bonds. The van der Waals surface area contributed by atoms with Crippen molar-refractivity contribution in [1.29, 1.82) is 0 Å². The summed E-state index contributed by atoms with van der Waals surface area (Å²) in [6.07, 6.45) is 1.73. The van der Waals surface area contributed by atoms with Crippen LogP contribution >= 0.6 is 11.3 Å². The fourth-order valence-electron chi connectivity index (χ4n) is 10.3. The zero-order chi connectivity index (χ0) is 38.8. The fourth-order valence-corrected chi connectivity index (χ4v) is 11.4. The molecule has 0 saturated carbocycles. The number of rotatable bonds is 2. The molecule has 0 unspecified atom stereocenters. The van der Waals surface area contributed by atoms with Gasteiger partial charge in [0.1, 0.15) is 5.84 Å². The van der Waals surface area contributed by atoms with Crippen molar-refractivity contribution < 1.29 is 0 Å². The van der Waals surface area contributed by atoms with Gasteiger partial charge in [0, 0.05) is 41.9 Å². The number of aromatic nitrogens is 1. The van der Waals surface area contributed by atoms with E-state index in [2.05, 4.69) is 187 Å². The molecule has 0 spiro atoms. The van der Waals surface area contributed by atoms with Gasteiger partial charge in [0.05, 0.1) is 16.7 Å². The van der Waals surface area contributed by atoms with E-state index in [-0.39, 0.29) is 0 Å². The largest absolute Gasteiger partial charge is 0.293 e. The third-order valence-corrected chi connectivity index (χ3v) is 14.2. The van der Waals surface area contributed by atoms with Crippen LogP contribution in [0, 0.1) is 0 Å². The molecular formula is C56H36N2S. The molecule has 3 heterocycles. The van der Waals surface area contributed by atoms with Crippen LogP contribution in [0.4, 0.5) is 5.69 Å². The zero-order valence-corrected chi connectivity index (χ0v) is 33.3. The van der Waals surface area contributed by atoms with E-state index in [0.717, 1.165) is 24.4 Å². The second-order valence-electron chi connectivity index (χ2n) is 16.1. The highest BCUT2D eigenvalue weighted by atomic mass is 32.1. The average Bonchev–Trinajstić information content (AvgIpc) is 3.76. The highest BCUT2D eigenvalue weighted by molar-refractivity contribution is 7.25. The number of fused-ring (bicyclic) bond motifs is 17. The molecular weight excluding hydrogens is 733 g/mol. The van der Waals surface area contributed by atoms with E-state index in [1.54, 1.807) is 0 Å². The van der Waals surface area contributed by atoms with Gasteiger partial charge < -0.3 is 0 Å². The first-order valence-electron chi connectivity index (χ1n) is 20.6. The van der Waals surface area contributed by atoms with Crippen LogP contribution in [0.3, 0.4) is 0 Å². The van der Waals surface area contributed by atoms with Crippen LogP contribution in [0.2, 0.25) is 0 Å². The van der Waals surface area contributed by atoms with Gasteiger partial charge in [0.15, 0.2) is 0 Å². The van der Waals surface area contributed by atoms with E-state index in [1.165, 1.54) is 118 Å². The van der Waals surface area contributed by atoms with Gasteiger partial charge in [0.2, 0.25) is 0 Å². The van der Waals surface area contributed by atoms with Gasteiger partial charge in [-0.1, -0.05) is 146 Å². The number of hydrogen-bond acceptors (Lipinski definition) is 2. The summed E-state index contributed by atoms with van der Waals surface area (Å²) in [5, 5.41) is 17.8. The third kappa shape index (κ3) is 4.71. The van der Waals surface area contributed by atoms with Gasteiger partial charge in [-0.2, -0.15) is 0 Å². The van der Waals surface area contributed by atoms with Crippen LogP contribution in [0.1, 0.15) is 24.5 Å². The molecule has 2 nitrogen and oxygen atoms in total. The van der Waals surface area contributed by atoms with Gasteiger partial charge in [-0.15, -0.1) is 11.3 Å². The van der Waals surface area contributed by atoms with E-state index in [0.29, 0.717) is 0 Å². The van der Waals surface area contributed by atoms with Gasteiger partial charge in [-0.05, 0) is 115 Å². The van der Waals surface area contributed by atoms with Crippen molar-refractivity contribution in [1.82, 2.24) is 4.57 Å². The Labute approximate surface area is 344 Å². The molecule has 0 fully saturated rings. The number of allylic oxidation sites excluding steroid dienone is 2. The smallest absolute Gasteiger partial charge is 0.146 e. The Hall–Kier alpha value is -7.07. The Balaban J connectivity index is 1.23. The van der Waals surface area contributed by atoms with E-state index < -0.39 is 0 Å². The number of benzene rings is 10. The minimum Gasteiger partial charge on any atom is -0.293 e. The summed E-state index contributed by atoms with van der Waals surface area (Å²) in [6, 6.07) is 65.6. The maximum absolute atomic E-state index is 5.91. The summed E-state index contributed by atoms with van der Waals surface area (Å²) < 4.78 is 5.15. The number of thiophene rings is 1. The lowest BCUT2D eigenvalue weighted by molar-refractivity contribution is 1.02. The summed E-state index contributed by atoms with van der Waals surface area (Å²) in [7, 11) is 0. The van der Waals surface area contributed by atoms with E-state index in [4.69, 9.17) is 4.99 Å². The molecule has 0 bridgehead atoms. The van der Waals surface area contributed by atoms with Crippen molar-refractivity contribution in [2.24, 2.45) is 4.99 Å². The van der Waals surface area contributed by atoms with Gasteiger partial charge in [-0.25, -0.2) is 4.99 Å². The monoisotopic (exact) mass is 768 g/mol. The number of aliphatic imine (C=N–C) groups is 1. The highest BCUT2D eigenvalue weighted by Gasteiger charge is 2.28. The fraction of sp³-hybridized carbons (Fsp3) is 0.0536. The summed E-state index contributed by atoms with van der Waals surface area (Å²) >= 11 is 1.87. The predicted octanol–water partition coefficient (Wildman–Crippen LogP) is 15.9. The summed E-state index contributed by atoms with van der Waals surface area (Å²) in [5.41, 5.74) is 8.49. The number of hydrogen-bond donors (Lipinski definition) is 0. The predicted molar refractivity (Wildman–Crippen MR) is 256 cm³/mol. The van der Waals surface area contributed by atoms with Crippen molar-refractivity contribution in [3.05, 3.63) is 193 Å². The first-order chi connectivity index (χ1) is 29.2. The second kappa shape index (κ2) is 12.5. The van der Waals surface area contributed by atoms with E-state index in [1.807, 2.05) is 11.3 Å². The van der Waals surface area contributed by atoms with Crippen molar-refractivity contribution in [2.45, 2.75) is 19.8 Å². The topological polar surface area (TPSA) is 17.3 Å². The highest BCUT2D eigenvalue weighted by Crippen LogP contribution is 2.46. The lowest BCUT2D eigenvalue weighted by Crippen LogP contribution is -2.15. The first-order valence-corrected chi connectivity index (χ1v) is 21.5. The molecule has 10 aromatic carbocycles. The molecule has 0 atom stereocenters. The van der Waals surface area contributed by atoms with Crippen LogP contribution in [-0.2, 0) is 6.42 Å². The van der Waals surface area contributed by atoms with E-state index >= 15 is 0 Å². The van der Waals surface area contributed by atoms with Gasteiger partial charge >= 0.3 is 0 Å². The Kier molecular flexibility index (Phi) is 6.96. The maximum Gasteiger partial charge on any atom is 0.146 e. The van der Waals surface area contributed by atoms with Crippen LogP contribution in [-0.4, -0.2) is 10.4 Å². The molecule has 2 aromatic heterocycles. The molecule has 0 N–H and O–H groups in total. The average molecular weight is 769 g/mol.